The summed E-state index contributed by atoms with van der Waals surface area (Å²) < 4.78 is 14.8. The third-order valence-corrected chi connectivity index (χ3v) is 5.90. The highest BCUT2D eigenvalue weighted by atomic mass is 16.6. The third-order valence-electron chi connectivity index (χ3n) is 5.90. The number of aliphatic imine (C=N–C) groups is 1. The summed E-state index contributed by atoms with van der Waals surface area (Å²) >= 11 is 0. The second-order valence-electron chi connectivity index (χ2n) is 8.08. The number of non-ortho nitro benzene ring substituents is 1. The number of rotatable bonds is 10. The number of methoxy groups -OCH3 is 3. The summed E-state index contributed by atoms with van der Waals surface area (Å²) in [5.74, 6) is -5.69. The quantitative estimate of drug-likeness (QED) is 0.0990. The Bertz CT molecular complexity index is 1250. The molecule has 0 saturated heterocycles. The van der Waals surface area contributed by atoms with Crippen LogP contribution in [-0.4, -0.2) is 55.9 Å². The number of ether oxygens (including phenoxy) is 3. The van der Waals surface area contributed by atoms with Gasteiger partial charge in [-0.1, -0.05) is 72.8 Å². The highest BCUT2D eigenvalue weighted by molar-refractivity contribution is 6.13. The topological polar surface area (TPSA) is 134 Å². The largest absolute Gasteiger partial charge is 0.468 e. The first-order chi connectivity index (χ1) is 18.3. The SMILES string of the molecule is COC(=O)C(C(=O)OC)[C@@H](c1ccc([N+](=O)[O-])cc1)[C@@H](N=C(c1ccccc1)c1ccccc1)C(=O)OC. The highest BCUT2D eigenvalue weighted by Crippen LogP contribution is 2.35. The van der Waals surface area contributed by atoms with E-state index < -0.39 is 40.7 Å². The van der Waals surface area contributed by atoms with Gasteiger partial charge in [-0.15, -0.1) is 0 Å². The van der Waals surface area contributed by atoms with E-state index in [1.807, 2.05) is 12.1 Å². The Balaban J connectivity index is 2.33. The number of nitrogens with zero attached hydrogens (tertiary/aromatic N) is 2. The van der Waals surface area contributed by atoms with Gasteiger partial charge in [-0.05, 0) is 5.56 Å². The van der Waals surface area contributed by atoms with E-state index in [9.17, 15) is 24.5 Å². The predicted molar refractivity (Wildman–Crippen MR) is 138 cm³/mol. The summed E-state index contributed by atoms with van der Waals surface area (Å²) in [5, 5.41) is 11.2. The highest BCUT2D eigenvalue weighted by Gasteiger charge is 2.46. The van der Waals surface area contributed by atoms with Crippen LogP contribution in [0.3, 0.4) is 0 Å². The molecule has 0 unspecified atom stereocenters. The van der Waals surface area contributed by atoms with Crippen LogP contribution in [0.15, 0.2) is 89.9 Å². The molecule has 196 valence electrons. The second kappa shape index (κ2) is 12.9. The maximum absolute atomic E-state index is 13.3. The number of carbonyl (C=O) groups is 3. The summed E-state index contributed by atoms with van der Waals surface area (Å²) in [5.41, 5.74) is 1.77. The minimum Gasteiger partial charge on any atom is -0.468 e. The van der Waals surface area contributed by atoms with Gasteiger partial charge < -0.3 is 14.2 Å². The van der Waals surface area contributed by atoms with Crippen LogP contribution < -0.4 is 0 Å². The van der Waals surface area contributed by atoms with Crippen LogP contribution in [0, 0.1) is 16.0 Å². The lowest BCUT2D eigenvalue weighted by molar-refractivity contribution is -0.384. The molecule has 0 aliphatic carbocycles. The molecule has 0 radical (unpaired) electrons. The van der Waals surface area contributed by atoms with Gasteiger partial charge in [-0.3, -0.25) is 24.7 Å². The maximum Gasteiger partial charge on any atom is 0.331 e. The minimum absolute atomic E-state index is 0.215. The fourth-order valence-electron chi connectivity index (χ4n) is 4.07. The fourth-order valence-corrected chi connectivity index (χ4v) is 4.07. The fraction of sp³-hybridized carbons (Fsp3) is 0.214. The monoisotopic (exact) mass is 518 g/mol. The number of nitro groups is 1. The van der Waals surface area contributed by atoms with Crippen molar-refractivity contribution < 1.29 is 33.5 Å². The molecule has 0 bridgehead atoms. The number of carbonyl (C=O) groups excluding carboxylic acids is 3. The Hall–Kier alpha value is -4.86. The third kappa shape index (κ3) is 6.28. The van der Waals surface area contributed by atoms with E-state index >= 15 is 0 Å². The van der Waals surface area contributed by atoms with Crippen molar-refractivity contribution in [3.63, 3.8) is 0 Å². The molecule has 0 saturated carbocycles. The van der Waals surface area contributed by atoms with Crippen LogP contribution in [0.5, 0.6) is 0 Å². The molecule has 0 spiro atoms. The molecular formula is C28H26N2O8. The van der Waals surface area contributed by atoms with Crippen molar-refractivity contribution in [2.75, 3.05) is 21.3 Å². The molecule has 0 N–H and O–H groups in total. The van der Waals surface area contributed by atoms with Crippen LogP contribution in [0.1, 0.15) is 22.6 Å². The minimum atomic E-state index is -1.63. The Kier molecular flexibility index (Phi) is 9.42. The molecular weight excluding hydrogens is 492 g/mol. The van der Waals surface area contributed by atoms with E-state index in [1.54, 1.807) is 48.5 Å². The average molecular weight is 519 g/mol. The van der Waals surface area contributed by atoms with Crippen molar-refractivity contribution in [3.8, 4) is 0 Å². The molecule has 0 aromatic heterocycles. The zero-order valence-corrected chi connectivity index (χ0v) is 21.0. The van der Waals surface area contributed by atoms with E-state index in [-0.39, 0.29) is 11.3 Å². The van der Waals surface area contributed by atoms with Crippen LogP contribution in [0.25, 0.3) is 0 Å². The molecule has 3 aromatic carbocycles. The number of benzene rings is 3. The van der Waals surface area contributed by atoms with E-state index in [0.717, 1.165) is 21.3 Å². The molecule has 3 aromatic rings. The summed E-state index contributed by atoms with van der Waals surface area (Å²) in [4.78, 5) is 54.5. The summed E-state index contributed by atoms with van der Waals surface area (Å²) in [6.45, 7) is 0. The van der Waals surface area contributed by atoms with Crippen molar-refractivity contribution in [1.29, 1.82) is 0 Å². The van der Waals surface area contributed by atoms with Gasteiger partial charge in [-0.2, -0.15) is 0 Å². The van der Waals surface area contributed by atoms with Gasteiger partial charge in [0.1, 0.15) is 0 Å². The van der Waals surface area contributed by atoms with Crippen molar-refractivity contribution in [3.05, 3.63) is 112 Å². The first-order valence-electron chi connectivity index (χ1n) is 11.5. The molecule has 0 aliphatic rings. The van der Waals surface area contributed by atoms with Crippen LogP contribution in [0.4, 0.5) is 5.69 Å². The average Bonchev–Trinajstić information content (AvgIpc) is 2.96. The Morgan fingerprint density at radius 3 is 1.55 bits per heavy atom. The molecule has 3 rings (SSSR count). The number of esters is 3. The van der Waals surface area contributed by atoms with Crippen molar-refractivity contribution in [1.82, 2.24) is 0 Å². The standard InChI is InChI=1S/C28H26N2O8/c1-36-26(31)23(27(32)37-2)22(18-14-16-21(17-15-18)30(34)35)25(28(33)38-3)29-24(19-10-6-4-7-11-19)20-12-8-5-9-13-20/h4-17,22-23,25H,1-3H3/t22-,25-/m1/s1. The van der Waals surface area contributed by atoms with Crippen LogP contribution in [-0.2, 0) is 28.6 Å². The van der Waals surface area contributed by atoms with E-state index in [2.05, 4.69) is 0 Å². The first kappa shape index (κ1) is 27.7. The number of hydrogen-bond donors (Lipinski definition) is 0. The van der Waals surface area contributed by atoms with Crippen LogP contribution in [0.2, 0.25) is 0 Å². The van der Waals surface area contributed by atoms with E-state index in [4.69, 9.17) is 19.2 Å². The van der Waals surface area contributed by atoms with Gasteiger partial charge in [0.05, 0.1) is 32.0 Å². The molecule has 0 fully saturated rings. The normalized spacial score (nSPS) is 12.1. The Labute approximate surface area is 219 Å². The van der Waals surface area contributed by atoms with E-state index in [1.165, 1.54) is 24.3 Å². The molecule has 0 amide bonds. The Morgan fingerprint density at radius 1 is 0.711 bits per heavy atom. The van der Waals surface area contributed by atoms with Gasteiger partial charge in [0.25, 0.3) is 5.69 Å². The summed E-state index contributed by atoms with van der Waals surface area (Å²) in [6.07, 6.45) is 0. The molecule has 0 aliphatic heterocycles. The van der Waals surface area contributed by atoms with Crippen molar-refractivity contribution in [2.45, 2.75) is 12.0 Å². The molecule has 38 heavy (non-hydrogen) atoms. The van der Waals surface area contributed by atoms with Gasteiger partial charge >= 0.3 is 17.9 Å². The molecule has 2 atom stereocenters. The van der Waals surface area contributed by atoms with E-state index in [0.29, 0.717) is 16.8 Å². The van der Waals surface area contributed by atoms with Gasteiger partial charge in [0.2, 0.25) is 0 Å². The Morgan fingerprint density at radius 2 is 1.16 bits per heavy atom. The van der Waals surface area contributed by atoms with Gasteiger partial charge in [-0.25, -0.2) is 4.79 Å². The van der Waals surface area contributed by atoms with Crippen LogP contribution >= 0.6 is 0 Å². The smallest absolute Gasteiger partial charge is 0.331 e. The maximum atomic E-state index is 13.3. The molecule has 0 heterocycles. The van der Waals surface area contributed by atoms with Gasteiger partial charge in [0, 0.05) is 29.2 Å². The summed E-state index contributed by atoms with van der Waals surface area (Å²) in [6, 6.07) is 21.8. The zero-order valence-electron chi connectivity index (χ0n) is 21.0. The predicted octanol–water partition coefficient (Wildman–Crippen LogP) is 3.72. The lowest BCUT2D eigenvalue weighted by atomic mass is 9.80. The lowest BCUT2D eigenvalue weighted by Crippen LogP contribution is -2.41. The molecule has 10 heteroatoms. The molecule has 10 nitrogen and oxygen atoms in total. The summed E-state index contributed by atoms with van der Waals surface area (Å²) in [7, 11) is 3.36. The number of nitro benzene ring substituents is 1. The first-order valence-corrected chi connectivity index (χ1v) is 11.5. The van der Waals surface area contributed by atoms with Crippen molar-refractivity contribution >= 4 is 29.3 Å². The van der Waals surface area contributed by atoms with Gasteiger partial charge in [0.15, 0.2) is 12.0 Å². The zero-order chi connectivity index (χ0) is 27.7. The number of hydrogen-bond acceptors (Lipinski definition) is 9. The second-order valence-corrected chi connectivity index (χ2v) is 8.08. The lowest BCUT2D eigenvalue weighted by Gasteiger charge is -2.28. The van der Waals surface area contributed by atoms with Crippen molar-refractivity contribution in [2.24, 2.45) is 10.9 Å².